The molecule has 0 amide bonds. The van der Waals surface area contributed by atoms with E-state index in [0.29, 0.717) is 12.0 Å². The van der Waals surface area contributed by atoms with Crippen molar-refractivity contribution in [3.63, 3.8) is 0 Å². The maximum Gasteiger partial charge on any atom is 0.222 e. The highest BCUT2D eigenvalue weighted by Crippen LogP contribution is 2.41. The third-order valence-corrected chi connectivity index (χ3v) is 7.22. The topological polar surface area (TPSA) is 67.1 Å². The van der Waals surface area contributed by atoms with E-state index in [1.54, 1.807) is 0 Å². The van der Waals surface area contributed by atoms with Crippen LogP contribution in [-0.4, -0.2) is 35.6 Å². The average Bonchev–Trinajstić information content (AvgIpc) is 3.08. The van der Waals surface area contributed by atoms with Gasteiger partial charge in [-0.15, -0.1) is 11.3 Å². The van der Waals surface area contributed by atoms with Crippen molar-refractivity contribution in [1.29, 1.82) is 0 Å². The molecule has 2 saturated heterocycles. The molecular formula is C18H25N5S. The minimum atomic E-state index is 0.435. The molecule has 3 N–H and O–H groups in total. The summed E-state index contributed by atoms with van der Waals surface area (Å²) in [5.41, 5.74) is 8.71. The van der Waals surface area contributed by atoms with E-state index in [2.05, 4.69) is 20.2 Å². The Morgan fingerprint density at radius 3 is 2.92 bits per heavy atom. The molecule has 3 aliphatic rings. The minimum Gasteiger partial charge on any atom is -0.368 e. The summed E-state index contributed by atoms with van der Waals surface area (Å²) in [5, 5.41) is 3.69. The summed E-state index contributed by atoms with van der Waals surface area (Å²) in [6.45, 7) is 3.31. The smallest absolute Gasteiger partial charge is 0.222 e. The van der Waals surface area contributed by atoms with Crippen LogP contribution in [0.4, 0.5) is 11.8 Å². The number of hydrogen-bond acceptors (Lipinski definition) is 6. The Bertz CT molecular complexity index is 756. The Hall–Kier alpha value is -1.40. The zero-order valence-electron chi connectivity index (χ0n) is 14.1. The third-order valence-electron chi connectivity index (χ3n) is 5.94. The number of hydrogen-bond donors (Lipinski definition) is 2. The number of rotatable bonds is 1. The van der Waals surface area contributed by atoms with Crippen LogP contribution in [0, 0.1) is 5.92 Å². The molecule has 0 radical (unpaired) electrons. The van der Waals surface area contributed by atoms with E-state index in [1.807, 2.05) is 11.3 Å². The van der Waals surface area contributed by atoms with Crippen molar-refractivity contribution in [1.82, 2.24) is 15.3 Å². The largest absolute Gasteiger partial charge is 0.368 e. The van der Waals surface area contributed by atoms with Gasteiger partial charge in [-0.25, -0.2) is 4.98 Å². The van der Waals surface area contributed by atoms with Crippen LogP contribution in [-0.2, 0) is 12.8 Å². The van der Waals surface area contributed by atoms with Gasteiger partial charge in [0.2, 0.25) is 5.95 Å². The van der Waals surface area contributed by atoms with E-state index < -0.39 is 0 Å². The quantitative estimate of drug-likeness (QED) is 0.779. The lowest BCUT2D eigenvalue weighted by molar-refractivity contribution is 0.340. The monoisotopic (exact) mass is 343 g/mol. The summed E-state index contributed by atoms with van der Waals surface area (Å²) in [4.78, 5) is 13.3. The second-order valence-electron chi connectivity index (χ2n) is 7.52. The summed E-state index contributed by atoms with van der Waals surface area (Å²) >= 11 is 1.93. The summed E-state index contributed by atoms with van der Waals surface area (Å²) in [6.07, 6.45) is 8.88. The van der Waals surface area contributed by atoms with Crippen molar-refractivity contribution in [2.75, 3.05) is 30.3 Å². The summed E-state index contributed by atoms with van der Waals surface area (Å²) in [7, 11) is 0. The van der Waals surface area contributed by atoms with Crippen molar-refractivity contribution >= 4 is 33.3 Å². The Morgan fingerprint density at radius 2 is 2.00 bits per heavy atom. The molecule has 24 heavy (non-hydrogen) atoms. The van der Waals surface area contributed by atoms with E-state index in [-0.39, 0.29) is 0 Å². The van der Waals surface area contributed by atoms with Crippen LogP contribution in [0.25, 0.3) is 10.2 Å². The van der Waals surface area contributed by atoms with Crippen molar-refractivity contribution < 1.29 is 0 Å². The van der Waals surface area contributed by atoms with E-state index >= 15 is 0 Å². The zero-order chi connectivity index (χ0) is 16.1. The molecule has 0 spiro atoms. The second-order valence-corrected chi connectivity index (χ2v) is 8.62. The molecule has 0 saturated carbocycles. The molecule has 5 nitrogen and oxygen atoms in total. The minimum absolute atomic E-state index is 0.435. The summed E-state index contributed by atoms with van der Waals surface area (Å²) in [6, 6.07) is 0.614. The van der Waals surface area contributed by atoms with Crippen molar-refractivity contribution in [2.45, 2.75) is 51.0 Å². The Labute approximate surface area is 146 Å². The van der Waals surface area contributed by atoms with Gasteiger partial charge in [-0.2, -0.15) is 4.98 Å². The van der Waals surface area contributed by atoms with Gasteiger partial charge in [-0.3, -0.25) is 0 Å². The molecule has 5 rings (SSSR count). The first-order valence-corrected chi connectivity index (χ1v) is 10.2. The normalized spacial score (nSPS) is 27.1. The van der Waals surface area contributed by atoms with Gasteiger partial charge in [0.05, 0.1) is 10.2 Å². The van der Waals surface area contributed by atoms with Crippen LogP contribution in [0.2, 0.25) is 0 Å². The Balaban J connectivity index is 1.58. The average molecular weight is 344 g/mol. The number of piperidine rings is 1. The molecule has 6 heteroatoms. The Morgan fingerprint density at radius 1 is 1.08 bits per heavy atom. The van der Waals surface area contributed by atoms with Gasteiger partial charge in [0, 0.05) is 24.0 Å². The third kappa shape index (κ3) is 2.39. The molecular weight excluding hydrogens is 318 g/mol. The van der Waals surface area contributed by atoms with Crippen LogP contribution in [0.15, 0.2) is 0 Å². The molecule has 2 aromatic rings. The predicted octanol–water partition coefficient (Wildman–Crippen LogP) is 2.73. The highest BCUT2D eigenvalue weighted by molar-refractivity contribution is 7.19. The van der Waals surface area contributed by atoms with E-state index in [1.165, 1.54) is 53.7 Å². The predicted molar refractivity (Wildman–Crippen MR) is 99.8 cm³/mol. The summed E-state index contributed by atoms with van der Waals surface area (Å²) in [5.74, 6) is 2.28. The van der Waals surface area contributed by atoms with Crippen LogP contribution in [0.1, 0.15) is 42.5 Å². The van der Waals surface area contributed by atoms with Gasteiger partial charge in [-0.05, 0) is 56.6 Å². The number of fused-ring (bicyclic) bond motifs is 4. The number of nitrogens with two attached hydrogens (primary N) is 1. The fraction of sp³-hybridized carbons (Fsp3) is 0.667. The molecule has 1 aliphatic carbocycles. The highest BCUT2D eigenvalue weighted by atomic mass is 32.1. The van der Waals surface area contributed by atoms with E-state index in [4.69, 9.17) is 5.73 Å². The summed E-state index contributed by atoms with van der Waals surface area (Å²) < 4.78 is 1.27. The molecule has 128 valence electrons. The van der Waals surface area contributed by atoms with Gasteiger partial charge in [0.15, 0.2) is 5.82 Å². The molecule has 0 bridgehead atoms. The zero-order valence-corrected chi connectivity index (χ0v) is 14.9. The van der Waals surface area contributed by atoms with Crippen molar-refractivity contribution in [3.8, 4) is 0 Å². The Kier molecular flexibility index (Phi) is 3.63. The van der Waals surface area contributed by atoms with Crippen molar-refractivity contribution in [3.05, 3.63) is 10.4 Å². The standard InChI is InChI=1S/C18H25N5S/c19-18-21-15-12-6-2-1-3-7-14(12)24-16(15)17(22-18)23-9-11-5-4-8-20-13(11)10-23/h11,13,20H,1-10H2,(H2,19,21,22)/t11-,13+/m1/s1. The molecule has 0 unspecified atom stereocenters. The van der Waals surface area contributed by atoms with Crippen molar-refractivity contribution in [2.24, 2.45) is 5.92 Å². The van der Waals surface area contributed by atoms with Gasteiger partial charge in [0.1, 0.15) is 0 Å². The lowest BCUT2D eigenvalue weighted by atomic mass is 9.94. The fourth-order valence-electron chi connectivity index (χ4n) is 4.73. The number of anilines is 2. The number of aromatic nitrogens is 2. The molecule has 2 fully saturated rings. The van der Waals surface area contributed by atoms with E-state index in [0.717, 1.165) is 43.3 Å². The number of nitrogens with zero attached hydrogens (tertiary/aromatic N) is 3. The van der Waals surface area contributed by atoms with Crippen LogP contribution in [0.5, 0.6) is 0 Å². The maximum atomic E-state index is 6.11. The van der Waals surface area contributed by atoms with Crippen LogP contribution >= 0.6 is 11.3 Å². The SMILES string of the molecule is Nc1nc(N2C[C@H]3CCCN[C@H]3C2)c2sc3c(c2n1)CCCCC3. The number of nitrogen functional groups attached to an aromatic ring is 1. The number of thiophene rings is 1. The molecule has 4 heterocycles. The maximum absolute atomic E-state index is 6.11. The number of aryl methyl sites for hydroxylation is 2. The first-order chi connectivity index (χ1) is 11.8. The van der Waals surface area contributed by atoms with Gasteiger partial charge in [0.25, 0.3) is 0 Å². The lowest BCUT2D eigenvalue weighted by Gasteiger charge is -2.24. The van der Waals surface area contributed by atoms with E-state index in [9.17, 15) is 0 Å². The van der Waals surface area contributed by atoms with Gasteiger partial charge in [-0.1, -0.05) is 6.42 Å². The van der Waals surface area contributed by atoms with Gasteiger partial charge >= 0.3 is 0 Å². The molecule has 2 aromatic heterocycles. The number of nitrogens with one attached hydrogen (secondary N) is 1. The lowest BCUT2D eigenvalue weighted by Crippen LogP contribution is -2.40. The fourth-order valence-corrected chi connectivity index (χ4v) is 6.08. The first kappa shape index (κ1) is 14.9. The van der Waals surface area contributed by atoms with Gasteiger partial charge < -0.3 is 16.0 Å². The highest BCUT2D eigenvalue weighted by Gasteiger charge is 2.36. The second kappa shape index (κ2) is 5.85. The van der Waals surface area contributed by atoms with Crippen LogP contribution < -0.4 is 16.0 Å². The molecule has 2 aliphatic heterocycles. The first-order valence-electron chi connectivity index (χ1n) is 9.35. The molecule has 2 atom stereocenters. The van der Waals surface area contributed by atoms with Crippen LogP contribution in [0.3, 0.4) is 0 Å². The molecule has 0 aromatic carbocycles.